The molecule has 84 valence electrons. The number of phenolic OH excluding ortho intramolecular Hbond substituents is 1. The maximum atomic E-state index is 11.9. The molecule has 0 atom stereocenters. The van der Waals surface area contributed by atoms with Crippen LogP contribution in [0, 0.1) is 6.92 Å². The Labute approximate surface area is 94.8 Å². The zero-order chi connectivity index (χ0) is 11.5. The van der Waals surface area contributed by atoms with Crippen LogP contribution in [0.25, 0.3) is 0 Å². The number of hydrogen-bond donors (Lipinski definition) is 2. The van der Waals surface area contributed by atoms with Crippen LogP contribution in [0.4, 0.5) is 0 Å². The SMILES string of the molecule is Cc1cccc(C(=O)NC2CC=CC2)c1O. The van der Waals surface area contributed by atoms with Crippen molar-refractivity contribution < 1.29 is 9.90 Å². The van der Waals surface area contributed by atoms with Gasteiger partial charge in [0.1, 0.15) is 5.75 Å². The molecule has 0 heterocycles. The fourth-order valence-corrected chi connectivity index (χ4v) is 1.84. The zero-order valence-corrected chi connectivity index (χ0v) is 9.23. The molecule has 3 nitrogen and oxygen atoms in total. The smallest absolute Gasteiger partial charge is 0.255 e. The van der Waals surface area contributed by atoms with Gasteiger partial charge in [-0.3, -0.25) is 4.79 Å². The Kier molecular flexibility index (Phi) is 2.95. The molecule has 0 saturated carbocycles. The maximum absolute atomic E-state index is 11.9. The molecule has 0 aliphatic heterocycles. The third-order valence-electron chi connectivity index (χ3n) is 2.83. The van der Waals surface area contributed by atoms with Crippen molar-refractivity contribution in [2.75, 3.05) is 0 Å². The fourth-order valence-electron chi connectivity index (χ4n) is 1.84. The van der Waals surface area contributed by atoms with Crippen LogP contribution in [-0.4, -0.2) is 17.1 Å². The average Bonchev–Trinajstić information content (AvgIpc) is 2.74. The summed E-state index contributed by atoms with van der Waals surface area (Å²) >= 11 is 0. The third kappa shape index (κ3) is 2.08. The normalized spacial score (nSPS) is 15.3. The number of hydrogen-bond acceptors (Lipinski definition) is 2. The number of benzene rings is 1. The summed E-state index contributed by atoms with van der Waals surface area (Å²) in [5, 5.41) is 12.7. The summed E-state index contributed by atoms with van der Waals surface area (Å²) in [4.78, 5) is 11.9. The quantitative estimate of drug-likeness (QED) is 0.746. The lowest BCUT2D eigenvalue weighted by Crippen LogP contribution is -2.32. The van der Waals surface area contributed by atoms with Gasteiger partial charge in [0.2, 0.25) is 0 Å². The van der Waals surface area contributed by atoms with Crippen LogP contribution in [0.15, 0.2) is 30.4 Å². The molecule has 1 aliphatic carbocycles. The lowest BCUT2D eigenvalue weighted by Gasteiger charge is -2.13. The molecule has 1 aromatic rings. The van der Waals surface area contributed by atoms with E-state index in [-0.39, 0.29) is 17.7 Å². The van der Waals surface area contributed by atoms with E-state index in [1.807, 2.05) is 0 Å². The lowest BCUT2D eigenvalue weighted by atomic mass is 10.1. The highest BCUT2D eigenvalue weighted by Gasteiger charge is 2.17. The van der Waals surface area contributed by atoms with E-state index in [0.29, 0.717) is 5.56 Å². The predicted octanol–water partition coefficient (Wildman–Crippen LogP) is 2.15. The van der Waals surface area contributed by atoms with Crippen LogP contribution < -0.4 is 5.32 Å². The van der Waals surface area contributed by atoms with Crippen molar-refractivity contribution in [2.24, 2.45) is 0 Å². The van der Waals surface area contributed by atoms with Gasteiger partial charge in [-0.1, -0.05) is 24.3 Å². The van der Waals surface area contributed by atoms with Crippen LogP contribution in [0.1, 0.15) is 28.8 Å². The average molecular weight is 217 g/mol. The summed E-state index contributed by atoms with van der Waals surface area (Å²) in [6, 6.07) is 5.37. The van der Waals surface area contributed by atoms with Crippen molar-refractivity contribution in [3.8, 4) is 5.75 Å². The molecule has 16 heavy (non-hydrogen) atoms. The van der Waals surface area contributed by atoms with Gasteiger partial charge in [0.05, 0.1) is 5.56 Å². The minimum atomic E-state index is -0.199. The molecule has 0 radical (unpaired) electrons. The Morgan fingerprint density at radius 2 is 2.06 bits per heavy atom. The van der Waals surface area contributed by atoms with Gasteiger partial charge in [-0.05, 0) is 31.4 Å². The van der Waals surface area contributed by atoms with Gasteiger partial charge in [0, 0.05) is 6.04 Å². The molecule has 3 heteroatoms. The third-order valence-corrected chi connectivity index (χ3v) is 2.83. The first-order valence-corrected chi connectivity index (χ1v) is 5.43. The summed E-state index contributed by atoms with van der Waals surface area (Å²) in [6.45, 7) is 1.78. The molecule has 0 fully saturated rings. The second-order valence-electron chi connectivity index (χ2n) is 4.08. The Bertz CT molecular complexity index is 430. The molecule has 0 bridgehead atoms. The van der Waals surface area contributed by atoms with Crippen molar-refractivity contribution in [3.05, 3.63) is 41.5 Å². The van der Waals surface area contributed by atoms with Gasteiger partial charge in [-0.15, -0.1) is 0 Å². The molecular weight excluding hydrogens is 202 g/mol. The van der Waals surface area contributed by atoms with E-state index in [0.717, 1.165) is 18.4 Å². The zero-order valence-electron chi connectivity index (χ0n) is 9.23. The minimum absolute atomic E-state index is 0.0750. The molecule has 2 N–H and O–H groups in total. The van der Waals surface area contributed by atoms with Crippen LogP contribution in [0.2, 0.25) is 0 Å². The van der Waals surface area contributed by atoms with Crippen LogP contribution in [0.5, 0.6) is 5.75 Å². The monoisotopic (exact) mass is 217 g/mol. The lowest BCUT2D eigenvalue weighted by molar-refractivity contribution is 0.0936. The molecule has 0 spiro atoms. The number of rotatable bonds is 2. The van der Waals surface area contributed by atoms with Crippen molar-refractivity contribution in [2.45, 2.75) is 25.8 Å². The highest BCUT2D eigenvalue weighted by Crippen LogP contribution is 2.21. The maximum Gasteiger partial charge on any atom is 0.255 e. The van der Waals surface area contributed by atoms with Crippen molar-refractivity contribution in [3.63, 3.8) is 0 Å². The highest BCUT2D eigenvalue weighted by atomic mass is 16.3. The van der Waals surface area contributed by atoms with Crippen molar-refractivity contribution >= 4 is 5.91 Å². The molecule has 0 aromatic heterocycles. The van der Waals surface area contributed by atoms with Crippen molar-refractivity contribution in [1.82, 2.24) is 5.32 Å². The summed E-state index contributed by atoms with van der Waals surface area (Å²) in [7, 11) is 0. The van der Waals surface area contributed by atoms with Gasteiger partial charge >= 0.3 is 0 Å². The Morgan fingerprint density at radius 3 is 2.75 bits per heavy atom. The van der Waals surface area contributed by atoms with E-state index >= 15 is 0 Å². The van der Waals surface area contributed by atoms with E-state index in [1.165, 1.54) is 0 Å². The number of aryl methyl sites for hydroxylation is 1. The Morgan fingerprint density at radius 1 is 1.38 bits per heavy atom. The number of nitrogens with one attached hydrogen (secondary N) is 1. The van der Waals surface area contributed by atoms with E-state index < -0.39 is 0 Å². The molecule has 0 unspecified atom stereocenters. The number of aromatic hydroxyl groups is 1. The predicted molar refractivity (Wildman–Crippen MR) is 62.5 cm³/mol. The molecule has 1 amide bonds. The van der Waals surface area contributed by atoms with Gasteiger partial charge in [-0.2, -0.15) is 0 Å². The van der Waals surface area contributed by atoms with Crippen LogP contribution in [-0.2, 0) is 0 Å². The first-order chi connectivity index (χ1) is 7.68. The molecule has 0 saturated heterocycles. The van der Waals surface area contributed by atoms with E-state index in [1.54, 1.807) is 25.1 Å². The largest absolute Gasteiger partial charge is 0.507 e. The molecule has 2 rings (SSSR count). The standard InChI is InChI=1S/C13H15NO2/c1-9-5-4-8-11(12(9)15)13(16)14-10-6-2-3-7-10/h2-5,8,10,15H,6-7H2,1H3,(H,14,16). The summed E-state index contributed by atoms with van der Waals surface area (Å²) in [5.41, 5.74) is 1.07. The minimum Gasteiger partial charge on any atom is -0.507 e. The number of carbonyl (C=O) groups excluding carboxylic acids is 1. The number of para-hydroxylation sites is 1. The second-order valence-corrected chi connectivity index (χ2v) is 4.08. The van der Waals surface area contributed by atoms with Gasteiger partial charge in [0.15, 0.2) is 0 Å². The molecule has 1 aromatic carbocycles. The molecule has 1 aliphatic rings. The van der Waals surface area contributed by atoms with Gasteiger partial charge < -0.3 is 10.4 Å². The molecular formula is C13H15NO2. The van der Waals surface area contributed by atoms with Crippen LogP contribution >= 0.6 is 0 Å². The highest BCUT2D eigenvalue weighted by molar-refractivity contribution is 5.97. The fraction of sp³-hybridized carbons (Fsp3) is 0.308. The van der Waals surface area contributed by atoms with Crippen LogP contribution in [0.3, 0.4) is 0 Å². The Balaban J connectivity index is 2.11. The number of amides is 1. The Hall–Kier alpha value is -1.77. The summed E-state index contributed by atoms with van der Waals surface area (Å²) in [5.74, 6) is -0.124. The summed E-state index contributed by atoms with van der Waals surface area (Å²) in [6.07, 6.45) is 5.86. The first kappa shape index (κ1) is 10.7. The van der Waals surface area contributed by atoms with Gasteiger partial charge in [-0.25, -0.2) is 0 Å². The number of carbonyl (C=O) groups is 1. The second kappa shape index (κ2) is 4.39. The van der Waals surface area contributed by atoms with Crippen molar-refractivity contribution in [1.29, 1.82) is 0 Å². The van der Waals surface area contributed by atoms with E-state index in [9.17, 15) is 9.90 Å². The summed E-state index contributed by atoms with van der Waals surface area (Å²) < 4.78 is 0. The topological polar surface area (TPSA) is 49.3 Å². The number of phenols is 1. The first-order valence-electron chi connectivity index (χ1n) is 5.43. The van der Waals surface area contributed by atoms with E-state index in [4.69, 9.17) is 0 Å². The van der Waals surface area contributed by atoms with E-state index in [2.05, 4.69) is 17.5 Å². The van der Waals surface area contributed by atoms with Gasteiger partial charge in [0.25, 0.3) is 5.91 Å².